The number of aryl methyl sites for hydroxylation is 1. The van der Waals surface area contributed by atoms with Crippen LogP contribution in [0.2, 0.25) is 0 Å². The Balaban J connectivity index is 1.94. The highest BCUT2D eigenvalue weighted by Gasteiger charge is 2.20. The lowest BCUT2D eigenvalue weighted by Gasteiger charge is -2.14. The second-order valence-electron chi connectivity index (χ2n) is 7.25. The first-order valence-corrected chi connectivity index (χ1v) is 9.93. The zero-order valence-corrected chi connectivity index (χ0v) is 17.7. The molecule has 0 unspecified atom stereocenters. The van der Waals surface area contributed by atoms with Crippen molar-refractivity contribution in [3.05, 3.63) is 86.8 Å². The van der Waals surface area contributed by atoms with Gasteiger partial charge in [0.1, 0.15) is 5.75 Å². The number of fused-ring (bicyclic) bond motifs is 1. The van der Waals surface area contributed by atoms with E-state index in [1.54, 1.807) is 18.0 Å². The molecule has 2 aromatic heterocycles. The lowest BCUT2D eigenvalue weighted by molar-refractivity contribution is 0.184. The summed E-state index contributed by atoms with van der Waals surface area (Å²) in [5, 5.41) is 0. The van der Waals surface area contributed by atoms with E-state index in [-0.39, 0.29) is 18.7 Å². The van der Waals surface area contributed by atoms with Crippen LogP contribution in [0.5, 0.6) is 5.75 Å². The Morgan fingerprint density at radius 2 is 1.74 bits per heavy atom. The van der Waals surface area contributed by atoms with Crippen molar-refractivity contribution in [3.8, 4) is 11.4 Å². The van der Waals surface area contributed by atoms with Crippen LogP contribution >= 0.6 is 0 Å². The number of aromatic nitrogens is 4. The number of para-hydroxylation sites is 1. The summed E-state index contributed by atoms with van der Waals surface area (Å²) < 4.78 is 14.8. The van der Waals surface area contributed by atoms with Crippen molar-refractivity contribution >= 4 is 11.2 Å². The third-order valence-electron chi connectivity index (χ3n) is 5.29. The average Bonchev–Trinajstić information content (AvgIpc) is 3.19. The monoisotopic (exact) mass is 420 g/mol. The number of methoxy groups -OCH3 is 2. The summed E-state index contributed by atoms with van der Waals surface area (Å²) in [6, 6.07) is 15.2. The normalized spacial score (nSPS) is 11.2. The maximum atomic E-state index is 13.3. The maximum absolute atomic E-state index is 13.3. The van der Waals surface area contributed by atoms with Gasteiger partial charge in [-0.3, -0.25) is 9.36 Å². The smallest absolute Gasteiger partial charge is 0.337 e. The van der Waals surface area contributed by atoms with Gasteiger partial charge in [-0.1, -0.05) is 30.3 Å². The Morgan fingerprint density at radius 1 is 1.00 bits per heavy atom. The zero-order valence-electron chi connectivity index (χ0n) is 17.7. The number of benzene rings is 2. The Morgan fingerprint density at radius 3 is 2.42 bits per heavy atom. The first kappa shape index (κ1) is 20.6. The number of ether oxygens (including phenoxy) is 2. The molecule has 8 nitrogen and oxygen atoms in total. The van der Waals surface area contributed by atoms with Gasteiger partial charge in [0.05, 0.1) is 32.3 Å². The van der Waals surface area contributed by atoms with Crippen LogP contribution in [-0.2, 0) is 17.8 Å². The fraction of sp³-hybridized carbons (Fsp3) is 0.261. The molecule has 4 rings (SSSR count). The molecule has 0 atom stereocenters. The molecular formula is C23H24N4O4. The summed E-state index contributed by atoms with van der Waals surface area (Å²) in [7, 11) is 3.16. The van der Waals surface area contributed by atoms with Gasteiger partial charge in [-0.15, -0.1) is 0 Å². The van der Waals surface area contributed by atoms with Crippen LogP contribution in [-0.4, -0.2) is 39.5 Å². The number of hydrogen-bond acceptors (Lipinski definition) is 5. The molecule has 0 aliphatic heterocycles. The van der Waals surface area contributed by atoms with Crippen LogP contribution in [0.25, 0.3) is 16.9 Å². The van der Waals surface area contributed by atoms with Gasteiger partial charge in [0, 0.05) is 13.7 Å². The minimum Gasteiger partial charge on any atom is -0.497 e. The van der Waals surface area contributed by atoms with Crippen LogP contribution in [0.4, 0.5) is 0 Å². The van der Waals surface area contributed by atoms with Crippen LogP contribution in [0.15, 0.2) is 64.4 Å². The van der Waals surface area contributed by atoms with Crippen molar-refractivity contribution < 1.29 is 9.47 Å². The summed E-state index contributed by atoms with van der Waals surface area (Å²) in [6.45, 7) is 2.77. The topological polar surface area (TPSA) is 80.3 Å². The standard InChI is InChI=1S/C23H24N4O4/c1-16-6-4-5-7-19(16)27-21-20(22(28)26(23(27)29)12-13-30-2)25(15-24-21)14-17-8-10-18(31-3)11-9-17/h4-11,15H,12-14H2,1-3H3. The van der Waals surface area contributed by atoms with Gasteiger partial charge in [0.15, 0.2) is 11.2 Å². The molecule has 0 saturated carbocycles. The van der Waals surface area contributed by atoms with Gasteiger partial charge in [0.2, 0.25) is 0 Å². The Bertz CT molecular complexity index is 1330. The van der Waals surface area contributed by atoms with E-state index < -0.39 is 5.69 Å². The molecule has 160 valence electrons. The SMILES string of the molecule is COCCn1c(=O)c2c(ncn2Cc2ccc(OC)cc2)n(-c2ccccc2C)c1=O. The van der Waals surface area contributed by atoms with E-state index in [9.17, 15) is 9.59 Å². The van der Waals surface area contributed by atoms with Crippen LogP contribution in [0.3, 0.4) is 0 Å². The molecule has 0 saturated heterocycles. The van der Waals surface area contributed by atoms with E-state index in [4.69, 9.17) is 9.47 Å². The van der Waals surface area contributed by atoms with Crippen molar-refractivity contribution in [2.24, 2.45) is 0 Å². The summed E-state index contributed by atoms with van der Waals surface area (Å²) in [5.41, 5.74) is 2.48. The van der Waals surface area contributed by atoms with Crippen molar-refractivity contribution in [2.75, 3.05) is 20.8 Å². The van der Waals surface area contributed by atoms with Crippen molar-refractivity contribution in [2.45, 2.75) is 20.0 Å². The number of nitrogens with zero attached hydrogens (tertiary/aromatic N) is 4. The molecule has 0 N–H and O–H groups in total. The van der Waals surface area contributed by atoms with Gasteiger partial charge in [-0.05, 0) is 36.2 Å². The van der Waals surface area contributed by atoms with Crippen LogP contribution in [0, 0.1) is 6.92 Å². The van der Waals surface area contributed by atoms with Gasteiger partial charge in [-0.2, -0.15) is 0 Å². The van der Waals surface area contributed by atoms with Crippen molar-refractivity contribution in [1.82, 2.24) is 18.7 Å². The summed E-state index contributed by atoms with van der Waals surface area (Å²) in [4.78, 5) is 31.1. The molecule has 8 heteroatoms. The van der Waals surface area contributed by atoms with E-state index in [2.05, 4.69) is 4.98 Å². The number of hydrogen-bond donors (Lipinski definition) is 0. The fourth-order valence-electron chi connectivity index (χ4n) is 3.64. The van der Waals surface area contributed by atoms with E-state index in [0.29, 0.717) is 23.4 Å². The highest BCUT2D eigenvalue weighted by molar-refractivity contribution is 5.73. The van der Waals surface area contributed by atoms with Gasteiger partial charge in [-0.25, -0.2) is 14.3 Å². The van der Waals surface area contributed by atoms with Crippen molar-refractivity contribution in [1.29, 1.82) is 0 Å². The average molecular weight is 420 g/mol. The number of imidazole rings is 1. The third kappa shape index (κ3) is 3.77. The molecule has 2 aromatic carbocycles. The molecule has 0 aliphatic rings. The van der Waals surface area contributed by atoms with E-state index in [1.807, 2.05) is 55.5 Å². The highest BCUT2D eigenvalue weighted by atomic mass is 16.5. The fourth-order valence-corrected chi connectivity index (χ4v) is 3.64. The summed E-state index contributed by atoms with van der Waals surface area (Å²) >= 11 is 0. The van der Waals surface area contributed by atoms with Crippen LogP contribution < -0.4 is 16.0 Å². The molecule has 4 aromatic rings. The minimum atomic E-state index is -0.432. The Labute approximate surface area is 178 Å². The predicted octanol–water partition coefficient (Wildman–Crippen LogP) is 2.36. The largest absolute Gasteiger partial charge is 0.497 e. The molecule has 0 bridgehead atoms. The molecule has 31 heavy (non-hydrogen) atoms. The van der Waals surface area contributed by atoms with Crippen molar-refractivity contribution in [3.63, 3.8) is 0 Å². The van der Waals surface area contributed by atoms with Gasteiger partial charge < -0.3 is 14.0 Å². The second-order valence-corrected chi connectivity index (χ2v) is 7.25. The minimum absolute atomic E-state index is 0.156. The first-order valence-electron chi connectivity index (χ1n) is 9.93. The molecule has 0 amide bonds. The Hall–Kier alpha value is -3.65. The second kappa shape index (κ2) is 8.61. The number of rotatable bonds is 7. The van der Waals surface area contributed by atoms with E-state index in [0.717, 1.165) is 16.9 Å². The quantitative estimate of drug-likeness (QED) is 0.459. The molecule has 0 radical (unpaired) electrons. The molecule has 0 spiro atoms. The molecular weight excluding hydrogens is 396 g/mol. The summed E-state index contributed by atoms with van der Waals surface area (Å²) in [5.74, 6) is 0.759. The summed E-state index contributed by atoms with van der Waals surface area (Å²) in [6.07, 6.45) is 1.60. The first-order chi connectivity index (χ1) is 15.0. The zero-order chi connectivity index (χ0) is 22.0. The van der Waals surface area contributed by atoms with Gasteiger partial charge >= 0.3 is 5.69 Å². The molecule has 0 aliphatic carbocycles. The lowest BCUT2D eigenvalue weighted by Crippen LogP contribution is -2.41. The maximum Gasteiger partial charge on any atom is 0.337 e. The molecule has 2 heterocycles. The van der Waals surface area contributed by atoms with E-state index in [1.165, 1.54) is 16.2 Å². The third-order valence-corrected chi connectivity index (χ3v) is 5.29. The van der Waals surface area contributed by atoms with E-state index >= 15 is 0 Å². The van der Waals surface area contributed by atoms with Gasteiger partial charge in [0.25, 0.3) is 5.56 Å². The molecule has 0 fully saturated rings. The highest BCUT2D eigenvalue weighted by Crippen LogP contribution is 2.18. The Kier molecular flexibility index (Phi) is 5.73. The predicted molar refractivity (Wildman–Crippen MR) is 118 cm³/mol. The van der Waals surface area contributed by atoms with Crippen LogP contribution in [0.1, 0.15) is 11.1 Å². The lowest BCUT2D eigenvalue weighted by atomic mass is 10.2.